The normalized spacial score (nSPS) is 12.4. The third-order valence-electron chi connectivity index (χ3n) is 3.98. The molecule has 0 fully saturated rings. The number of hydrogen-bond donors (Lipinski definition) is 1. The minimum absolute atomic E-state index is 0.146. The maximum atomic E-state index is 5.37. The van der Waals surface area contributed by atoms with Crippen LogP contribution in [0.4, 0.5) is 5.13 Å². The maximum absolute atomic E-state index is 5.37. The summed E-state index contributed by atoms with van der Waals surface area (Å²) in [6, 6.07) is 7.82. The van der Waals surface area contributed by atoms with Gasteiger partial charge in [0.2, 0.25) is 10.1 Å². The molecule has 0 saturated heterocycles. The number of nitrogens with zero attached hydrogens (tertiary/aromatic N) is 5. The first-order valence-corrected chi connectivity index (χ1v) is 8.66. The Balaban J connectivity index is 1.74. The summed E-state index contributed by atoms with van der Waals surface area (Å²) >= 11 is 1.52. The quantitative estimate of drug-likeness (QED) is 0.596. The van der Waals surface area contributed by atoms with Gasteiger partial charge < -0.3 is 14.6 Å². The van der Waals surface area contributed by atoms with E-state index in [1.165, 1.54) is 11.3 Å². The Labute approximate surface area is 148 Å². The Bertz CT molecular complexity index is 986. The van der Waals surface area contributed by atoms with E-state index in [0.29, 0.717) is 0 Å². The lowest BCUT2D eigenvalue weighted by Gasteiger charge is -2.19. The predicted molar refractivity (Wildman–Crippen MR) is 97.3 cm³/mol. The van der Waals surface area contributed by atoms with E-state index < -0.39 is 0 Å². The summed E-state index contributed by atoms with van der Waals surface area (Å²) in [5.74, 6) is 1.71. The van der Waals surface area contributed by atoms with Gasteiger partial charge in [-0.3, -0.25) is 0 Å². The molecule has 0 amide bonds. The Hall–Kier alpha value is -2.87. The monoisotopic (exact) mass is 354 g/mol. The predicted octanol–water partition coefficient (Wildman–Crippen LogP) is 3.04. The van der Waals surface area contributed by atoms with Crippen LogP contribution in [0.2, 0.25) is 0 Å². The van der Waals surface area contributed by atoms with Crippen molar-refractivity contribution >= 4 is 21.4 Å². The van der Waals surface area contributed by atoms with Crippen molar-refractivity contribution in [2.45, 2.75) is 13.0 Å². The SMILES string of the molecule is COc1cccc(C(Nc2nn3cc(C)nc3s2)c2nccn2C)c1. The van der Waals surface area contributed by atoms with Gasteiger partial charge in [-0.1, -0.05) is 23.5 Å². The van der Waals surface area contributed by atoms with Crippen LogP contribution in [-0.2, 0) is 7.05 Å². The van der Waals surface area contributed by atoms with Crippen molar-refractivity contribution in [2.75, 3.05) is 12.4 Å². The first kappa shape index (κ1) is 15.6. The highest BCUT2D eigenvalue weighted by atomic mass is 32.1. The Morgan fingerprint density at radius 3 is 2.92 bits per heavy atom. The number of nitrogens with one attached hydrogen (secondary N) is 1. The molecule has 0 aliphatic carbocycles. The van der Waals surface area contributed by atoms with E-state index in [4.69, 9.17) is 4.74 Å². The number of fused-ring (bicyclic) bond motifs is 1. The molecule has 8 heteroatoms. The van der Waals surface area contributed by atoms with Gasteiger partial charge in [0.05, 0.1) is 19.0 Å². The number of methoxy groups -OCH3 is 1. The molecule has 1 unspecified atom stereocenters. The third kappa shape index (κ3) is 2.96. The van der Waals surface area contributed by atoms with Gasteiger partial charge in [-0.2, -0.15) is 0 Å². The zero-order valence-electron chi connectivity index (χ0n) is 14.2. The molecule has 0 spiro atoms. The van der Waals surface area contributed by atoms with Gasteiger partial charge in [-0.25, -0.2) is 14.5 Å². The van der Waals surface area contributed by atoms with Crippen LogP contribution in [0.1, 0.15) is 23.1 Å². The molecule has 25 heavy (non-hydrogen) atoms. The van der Waals surface area contributed by atoms with E-state index in [1.807, 2.05) is 49.1 Å². The lowest BCUT2D eigenvalue weighted by atomic mass is 10.1. The van der Waals surface area contributed by atoms with Gasteiger partial charge in [0, 0.05) is 19.4 Å². The molecule has 4 rings (SSSR count). The molecule has 1 N–H and O–H groups in total. The van der Waals surface area contributed by atoms with Gasteiger partial charge in [-0.15, -0.1) is 5.10 Å². The van der Waals surface area contributed by atoms with Crippen molar-refractivity contribution in [1.29, 1.82) is 0 Å². The molecule has 0 aliphatic heterocycles. The highest BCUT2D eigenvalue weighted by Crippen LogP contribution is 2.30. The van der Waals surface area contributed by atoms with Crippen molar-refractivity contribution in [1.82, 2.24) is 24.1 Å². The highest BCUT2D eigenvalue weighted by molar-refractivity contribution is 7.20. The van der Waals surface area contributed by atoms with Gasteiger partial charge >= 0.3 is 0 Å². The summed E-state index contributed by atoms with van der Waals surface area (Å²) in [4.78, 5) is 9.84. The van der Waals surface area contributed by atoms with Crippen LogP contribution in [0.25, 0.3) is 4.96 Å². The minimum atomic E-state index is -0.146. The molecule has 1 aromatic carbocycles. The van der Waals surface area contributed by atoms with Crippen LogP contribution in [0.5, 0.6) is 5.75 Å². The number of imidazole rings is 2. The van der Waals surface area contributed by atoms with Crippen molar-refractivity contribution in [2.24, 2.45) is 7.05 Å². The van der Waals surface area contributed by atoms with Crippen molar-refractivity contribution in [3.63, 3.8) is 0 Å². The number of hydrogen-bond acceptors (Lipinski definition) is 6. The minimum Gasteiger partial charge on any atom is -0.497 e. The molecule has 0 bridgehead atoms. The molecular formula is C17H18N6OS. The highest BCUT2D eigenvalue weighted by Gasteiger charge is 2.21. The fraction of sp³-hybridized carbons (Fsp3) is 0.235. The van der Waals surface area contributed by atoms with Crippen LogP contribution in [0, 0.1) is 6.92 Å². The van der Waals surface area contributed by atoms with Crippen LogP contribution in [-0.4, -0.2) is 31.3 Å². The lowest BCUT2D eigenvalue weighted by molar-refractivity contribution is 0.414. The summed E-state index contributed by atoms with van der Waals surface area (Å²) in [5, 5.41) is 8.86. The second kappa shape index (κ2) is 6.21. The van der Waals surface area contributed by atoms with Gasteiger partial charge in [0.1, 0.15) is 17.6 Å². The standard InChI is InChI=1S/C17H18N6OS/c1-11-10-23-17(19-11)25-16(21-23)20-14(15-18-7-8-22(15)2)12-5-4-6-13(9-12)24-3/h4-10,14H,1-3H3,(H,20,21). The van der Waals surface area contributed by atoms with Crippen LogP contribution in [0.15, 0.2) is 42.9 Å². The fourth-order valence-corrected chi connectivity index (χ4v) is 3.62. The zero-order valence-corrected chi connectivity index (χ0v) is 15.0. The first-order chi connectivity index (χ1) is 12.1. The molecule has 0 radical (unpaired) electrons. The largest absolute Gasteiger partial charge is 0.497 e. The Kier molecular flexibility index (Phi) is 3.89. The van der Waals surface area contributed by atoms with Gasteiger partial charge in [0.15, 0.2) is 0 Å². The molecular weight excluding hydrogens is 336 g/mol. The number of rotatable bonds is 5. The van der Waals surface area contributed by atoms with E-state index in [0.717, 1.165) is 32.9 Å². The van der Waals surface area contributed by atoms with E-state index >= 15 is 0 Å². The van der Waals surface area contributed by atoms with Gasteiger partial charge in [-0.05, 0) is 24.6 Å². The fourth-order valence-electron chi connectivity index (χ4n) is 2.76. The van der Waals surface area contributed by atoms with E-state index in [1.54, 1.807) is 17.8 Å². The van der Waals surface area contributed by atoms with Crippen LogP contribution in [0.3, 0.4) is 0 Å². The topological polar surface area (TPSA) is 69.3 Å². The molecule has 7 nitrogen and oxygen atoms in total. The average molecular weight is 354 g/mol. The summed E-state index contributed by atoms with van der Waals surface area (Å²) in [6.07, 6.45) is 5.64. The summed E-state index contributed by atoms with van der Waals surface area (Å²) in [5.41, 5.74) is 2.01. The van der Waals surface area contributed by atoms with Crippen LogP contribution >= 0.6 is 11.3 Å². The smallest absolute Gasteiger partial charge is 0.214 e. The molecule has 3 aromatic heterocycles. The van der Waals surface area contributed by atoms with Crippen molar-refractivity contribution < 1.29 is 4.74 Å². The molecule has 128 valence electrons. The molecule has 0 saturated carbocycles. The number of aryl methyl sites for hydroxylation is 2. The average Bonchev–Trinajstić information content (AvgIpc) is 3.27. The van der Waals surface area contributed by atoms with E-state index in [9.17, 15) is 0 Å². The molecule has 0 aliphatic rings. The van der Waals surface area contributed by atoms with Gasteiger partial charge in [0.25, 0.3) is 0 Å². The second-order valence-corrected chi connectivity index (χ2v) is 6.72. The Morgan fingerprint density at radius 1 is 1.32 bits per heavy atom. The number of anilines is 1. The van der Waals surface area contributed by atoms with E-state index in [2.05, 4.69) is 26.4 Å². The number of ether oxygens (including phenoxy) is 1. The van der Waals surface area contributed by atoms with Crippen molar-refractivity contribution in [3.8, 4) is 5.75 Å². The third-order valence-corrected chi connectivity index (χ3v) is 4.83. The lowest BCUT2D eigenvalue weighted by Crippen LogP contribution is -2.17. The molecule has 1 atom stereocenters. The van der Waals surface area contributed by atoms with E-state index in [-0.39, 0.29) is 6.04 Å². The van der Waals surface area contributed by atoms with Crippen LogP contribution < -0.4 is 10.1 Å². The van der Waals surface area contributed by atoms with Crippen molar-refractivity contribution in [3.05, 3.63) is 59.9 Å². The number of aromatic nitrogens is 5. The maximum Gasteiger partial charge on any atom is 0.214 e. The summed E-state index contributed by atoms with van der Waals surface area (Å²) < 4.78 is 9.16. The molecule has 4 aromatic rings. The zero-order chi connectivity index (χ0) is 17.4. The number of benzene rings is 1. The molecule has 3 heterocycles. The first-order valence-electron chi connectivity index (χ1n) is 7.84. The summed E-state index contributed by atoms with van der Waals surface area (Å²) in [7, 11) is 3.65. The second-order valence-electron chi connectivity index (χ2n) is 5.77. The Morgan fingerprint density at radius 2 is 2.20 bits per heavy atom. The summed E-state index contributed by atoms with van der Waals surface area (Å²) in [6.45, 7) is 1.96.